The van der Waals surface area contributed by atoms with Gasteiger partial charge < -0.3 is 9.80 Å². The average molecular weight is 337 g/mol. The van der Waals surface area contributed by atoms with Crippen molar-refractivity contribution in [2.45, 2.75) is 32.7 Å². The van der Waals surface area contributed by atoms with E-state index in [0.29, 0.717) is 6.04 Å². The summed E-state index contributed by atoms with van der Waals surface area (Å²) in [7, 11) is 2.13. The van der Waals surface area contributed by atoms with Crippen molar-refractivity contribution in [2.24, 2.45) is 0 Å². The van der Waals surface area contributed by atoms with Crippen molar-refractivity contribution in [1.82, 2.24) is 24.6 Å². The van der Waals surface area contributed by atoms with E-state index in [1.807, 2.05) is 36.7 Å². The van der Waals surface area contributed by atoms with E-state index in [1.165, 1.54) is 0 Å². The van der Waals surface area contributed by atoms with Crippen LogP contribution in [0.5, 0.6) is 0 Å². The van der Waals surface area contributed by atoms with Crippen LogP contribution in [0.3, 0.4) is 0 Å². The van der Waals surface area contributed by atoms with Crippen molar-refractivity contribution in [3.05, 3.63) is 42.1 Å². The maximum Gasteiger partial charge on any atom is 0.157 e. The molecule has 130 valence electrons. The van der Waals surface area contributed by atoms with Crippen molar-refractivity contribution in [3.63, 3.8) is 0 Å². The van der Waals surface area contributed by atoms with Gasteiger partial charge in [-0.2, -0.15) is 9.61 Å². The zero-order valence-electron chi connectivity index (χ0n) is 14.9. The standard InChI is InChI=1S/C18H23N7/c1-13-10-17(20-12-19-13)23(3)15-5-8-24(9-6-15)18-11-14(2)22-16-4-7-21-25(16)18/h4,7,10-12,15H,5-6,8-9H2,1-3H3. The predicted molar refractivity (Wildman–Crippen MR) is 98.1 cm³/mol. The van der Waals surface area contributed by atoms with E-state index in [4.69, 9.17) is 0 Å². The summed E-state index contributed by atoms with van der Waals surface area (Å²) in [5.74, 6) is 2.13. The first-order valence-electron chi connectivity index (χ1n) is 8.69. The quantitative estimate of drug-likeness (QED) is 0.730. The van der Waals surface area contributed by atoms with Crippen LogP contribution in [0.1, 0.15) is 24.2 Å². The fraction of sp³-hybridized carbons (Fsp3) is 0.444. The third kappa shape index (κ3) is 3.01. The molecule has 3 aromatic heterocycles. The molecule has 0 saturated carbocycles. The molecule has 0 unspecified atom stereocenters. The monoisotopic (exact) mass is 337 g/mol. The predicted octanol–water partition coefficient (Wildman–Crippen LogP) is 2.24. The molecule has 1 aliphatic rings. The Kier molecular flexibility index (Phi) is 3.99. The Labute approximate surface area is 147 Å². The van der Waals surface area contributed by atoms with Gasteiger partial charge in [0.1, 0.15) is 18.0 Å². The highest BCUT2D eigenvalue weighted by molar-refractivity contribution is 5.51. The lowest BCUT2D eigenvalue weighted by molar-refractivity contribution is 0.475. The van der Waals surface area contributed by atoms with Gasteiger partial charge in [-0.05, 0) is 26.7 Å². The lowest BCUT2D eigenvalue weighted by Crippen LogP contribution is -2.44. The van der Waals surface area contributed by atoms with Gasteiger partial charge in [-0.25, -0.2) is 15.0 Å². The number of aryl methyl sites for hydroxylation is 2. The van der Waals surface area contributed by atoms with E-state index < -0.39 is 0 Å². The van der Waals surface area contributed by atoms with Gasteiger partial charge in [-0.1, -0.05) is 0 Å². The maximum atomic E-state index is 4.53. The minimum absolute atomic E-state index is 0.488. The van der Waals surface area contributed by atoms with Crippen molar-refractivity contribution < 1.29 is 0 Å². The van der Waals surface area contributed by atoms with Crippen LogP contribution in [0.2, 0.25) is 0 Å². The van der Waals surface area contributed by atoms with Crippen LogP contribution >= 0.6 is 0 Å². The highest BCUT2D eigenvalue weighted by atomic mass is 15.3. The fourth-order valence-electron chi connectivity index (χ4n) is 3.55. The van der Waals surface area contributed by atoms with Crippen molar-refractivity contribution >= 4 is 17.3 Å². The van der Waals surface area contributed by atoms with Gasteiger partial charge in [0.15, 0.2) is 5.65 Å². The first-order chi connectivity index (χ1) is 12.1. The first-order valence-corrected chi connectivity index (χ1v) is 8.69. The number of fused-ring (bicyclic) bond motifs is 1. The zero-order valence-corrected chi connectivity index (χ0v) is 14.9. The molecule has 4 rings (SSSR count). The number of aromatic nitrogens is 5. The second kappa shape index (κ2) is 6.31. The SMILES string of the molecule is Cc1cc(N(C)C2CCN(c3cc(C)nc4ccnn34)CC2)ncn1. The molecule has 0 radical (unpaired) electrons. The third-order valence-corrected chi connectivity index (χ3v) is 4.96. The van der Waals surface area contributed by atoms with Crippen LogP contribution in [0.15, 0.2) is 30.7 Å². The average Bonchev–Trinajstić information content (AvgIpc) is 3.09. The second-order valence-corrected chi connectivity index (χ2v) is 6.70. The molecule has 7 heteroatoms. The van der Waals surface area contributed by atoms with Crippen LogP contribution < -0.4 is 9.80 Å². The summed E-state index contributed by atoms with van der Waals surface area (Å²) in [6.07, 6.45) is 5.63. The van der Waals surface area contributed by atoms with Crippen LogP contribution in [-0.4, -0.2) is 50.7 Å². The maximum absolute atomic E-state index is 4.53. The van der Waals surface area contributed by atoms with Crippen molar-refractivity contribution in [2.75, 3.05) is 29.9 Å². The lowest BCUT2D eigenvalue weighted by atomic mass is 10.0. The molecule has 0 aromatic carbocycles. The van der Waals surface area contributed by atoms with Crippen LogP contribution in [-0.2, 0) is 0 Å². The second-order valence-electron chi connectivity index (χ2n) is 6.70. The van der Waals surface area contributed by atoms with E-state index >= 15 is 0 Å². The zero-order chi connectivity index (χ0) is 17.4. The number of piperidine rings is 1. The van der Waals surface area contributed by atoms with E-state index in [-0.39, 0.29) is 0 Å². The van der Waals surface area contributed by atoms with E-state index in [0.717, 1.165) is 54.6 Å². The molecule has 1 aliphatic heterocycles. The summed E-state index contributed by atoms with van der Waals surface area (Å²) in [5, 5.41) is 4.43. The minimum Gasteiger partial charge on any atom is -0.356 e. The molecular formula is C18H23N7. The first kappa shape index (κ1) is 15.8. The largest absolute Gasteiger partial charge is 0.356 e. The lowest BCUT2D eigenvalue weighted by Gasteiger charge is -2.38. The normalized spacial score (nSPS) is 15.7. The third-order valence-electron chi connectivity index (χ3n) is 4.96. The molecule has 3 aromatic rings. The molecule has 0 aliphatic carbocycles. The molecular weight excluding hydrogens is 314 g/mol. The van der Waals surface area contributed by atoms with Crippen LogP contribution in [0.25, 0.3) is 5.65 Å². The Morgan fingerprint density at radius 1 is 1.08 bits per heavy atom. The fourth-order valence-corrected chi connectivity index (χ4v) is 3.55. The summed E-state index contributed by atoms with van der Waals surface area (Å²) in [4.78, 5) is 17.8. The van der Waals surface area contributed by atoms with Crippen LogP contribution in [0.4, 0.5) is 11.6 Å². The summed E-state index contributed by atoms with van der Waals surface area (Å²) >= 11 is 0. The van der Waals surface area contributed by atoms with Gasteiger partial charge >= 0.3 is 0 Å². The number of hydrogen-bond donors (Lipinski definition) is 0. The highest BCUT2D eigenvalue weighted by Crippen LogP contribution is 2.25. The minimum atomic E-state index is 0.488. The Morgan fingerprint density at radius 3 is 2.64 bits per heavy atom. The van der Waals surface area contributed by atoms with Crippen molar-refractivity contribution in [3.8, 4) is 0 Å². The van der Waals surface area contributed by atoms with Gasteiger partial charge in [0.05, 0.1) is 6.20 Å². The molecule has 0 spiro atoms. The summed E-state index contributed by atoms with van der Waals surface area (Å²) in [6, 6.07) is 6.61. The highest BCUT2D eigenvalue weighted by Gasteiger charge is 2.25. The van der Waals surface area contributed by atoms with Gasteiger partial charge in [-0.3, -0.25) is 0 Å². The Morgan fingerprint density at radius 2 is 1.88 bits per heavy atom. The molecule has 0 N–H and O–H groups in total. The van der Waals surface area contributed by atoms with E-state index in [9.17, 15) is 0 Å². The van der Waals surface area contributed by atoms with Gasteiger partial charge in [0.2, 0.25) is 0 Å². The molecule has 0 bridgehead atoms. The Bertz CT molecular complexity index is 880. The molecule has 4 heterocycles. The van der Waals surface area contributed by atoms with Gasteiger partial charge in [-0.15, -0.1) is 0 Å². The Balaban J connectivity index is 1.50. The van der Waals surface area contributed by atoms with Gasteiger partial charge in [0.25, 0.3) is 0 Å². The van der Waals surface area contributed by atoms with E-state index in [2.05, 4.69) is 43.0 Å². The molecule has 0 amide bonds. The molecule has 0 atom stereocenters. The van der Waals surface area contributed by atoms with Crippen molar-refractivity contribution in [1.29, 1.82) is 0 Å². The smallest absolute Gasteiger partial charge is 0.157 e. The number of anilines is 2. The summed E-state index contributed by atoms with van der Waals surface area (Å²) < 4.78 is 1.94. The van der Waals surface area contributed by atoms with Crippen LogP contribution in [0, 0.1) is 13.8 Å². The summed E-state index contributed by atoms with van der Waals surface area (Å²) in [5.41, 5.74) is 2.94. The molecule has 7 nitrogen and oxygen atoms in total. The molecule has 25 heavy (non-hydrogen) atoms. The number of nitrogens with zero attached hydrogens (tertiary/aromatic N) is 7. The Hall–Kier alpha value is -2.70. The summed E-state index contributed by atoms with van der Waals surface area (Å²) in [6.45, 7) is 6.03. The van der Waals surface area contributed by atoms with E-state index in [1.54, 1.807) is 6.33 Å². The molecule has 1 saturated heterocycles. The van der Waals surface area contributed by atoms with Gasteiger partial charge in [0, 0.05) is 55.8 Å². The topological polar surface area (TPSA) is 62.5 Å². The molecule has 1 fully saturated rings. The number of hydrogen-bond acceptors (Lipinski definition) is 6. The number of rotatable bonds is 3.